The highest BCUT2D eigenvalue weighted by Gasteiger charge is 2.17. The molecule has 1 aliphatic rings. The summed E-state index contributed by atoms with van der Waals surface area (Å²) in [4.78, 5) is 4.82. The maximum Gasteiger partial charge on any atom is 0.231 e. The van der Waals surface area contributed by atoms with E-state index in [4.69, 9.17) is 14.5 Å². The molecule has 5 rings (SSSR count). The van der Waals surface area contributed by atoms with Crippen molar-refractivity contribution in [3.63, 3.8) is 0 Å². The molecular formula is C22H19N3O3. The minimum absolute atomic E-state index is 0.235. The minimum Gasteiger partial charge on any atom is -0.508 e. The molecule has 0 saturated heterocycles. The van der Waals surface area contributed by atoms with Crippen LogP contribution in [0.2, 0.25) is 0 Å². The lowest BCUT2D eigenvalue weighted by molar-refractivity contribution is 0.174. The number of benzene rings is 2. The predicted molar refractivity (Wildman–Crippen MR) is 107 cm³/mol. The molecule has 6 heteroatoms. The first-order chi connectivity index (χ1) is 13.7. The van der Waals surface area contributed by atoms with Gasteiger partial charge in [0.05, 0.1) is 0 Å². The molecule has 1 aliphatic heterocycles. The molecule has 0 atom stereocenters. The van der Waals surface area contributed by atoms with E-state index in [0.717, 1.165) is 45.5 Å². The van der Waals surface area contributed by atoms with Gasteiger partial charge in [0, 0.05) is 17.8 Å². The molecule has 3 heterocycles. The summed E-state index contributed by atoms with van der Waals surface area (Å²) in [6, 6.07) is 19.1. The molecular weight excluding hydrogens is 354 g/mol. The number of pyridine rings is 1. The number of nitrogens with one attached hydrogen (secondary N) is 1. The number of hydrogen-bond acceptors (Lipinski definition) is 5. The van der Waals surface area contributed by atoms with E-state index in [-0.39, 0.29) is 12.5 Å². The summed E-state index contributed by atoms with van der Waals surface area (Å²) < 4.78 is 13.0. The van der Waals surface area contributed by atoms with Crippen molar-refractivity contribution in [1.82, 2.24) is 9.38 Å². The number of nitrogens with zero attached hydrogens (tertiary/aromatic N) is 2. The van der Waals surface area contributed by atoms with Gasteiger partial charge in [0.2, 0.25) is 6.79 Å². The van der Waals surface area contributed by atoms with Crippen LogP contribution in [0, 0.1) is 6.92 Å². The molecule has 2 aromatic heterocycles. The maximum absolute atomic E-state index is 9.62. The number of aromatic nitrogens is 2. The van der Waals surface area contributed by atoms with Gasteiger partial charge in [0.15, 0.2) is 11.5 Å². The Bertz CT molecular complexity index is 1170. The first-order valence-corrected chi connectivity index (χ1v) is 9.09. The zero-order chi connectivity index (χ0) is 19.1. The number of phenols is 1. The smallest absolute Gasteiger partial charge is 0.231 e. The summed E-state index contributed by atoms with van der Waals surface area (Å²) in [5, 5.41) is 13.2. The van der Waals surface area contributed by atoms with Crippen molar-refractivity contribution in [2.75, 3.05) is 12.1 Å². The van der Waals surface area contributed by atoms with E-state index in [2.05, 4.69) is 22.7 Å². The molecule has 0 amide bonds. The second-order valence-electron chi connectivity index (χ2n) is 6.76. The SMILES string of the molecule is Cc1cccc2nc(-c3ccc(O)cc3)c(NCc3ccc4c(c3)OCO4)n12. The summed E-state index contributed by atoms with van der Waals surface area (Å²) >= 11 is 0. The lowest BCUT2D eigenvalue weighted by Crippen LogP contribution is -2.05. The second kappa shape index (κ2) is 6.49. The van der Waals surface area contributed by atoms with Crippen LogP contribution < -0.4 is 14.8 Å². The van der Waals surface area contributed by atoms with E-state index in [1.807, 2.05) is 42.5 Å². The van der Waals surface area contributed by atoms with Crippen LogP contribution in [0.4, 0.5) is 5.82 Å². The van der Waals surface area contributed by atoms with Crippen LogP contribution in [0.3, 0.4) is 0 Å². The maximum atomic E-state index is 9.62. The molecule has 0 unspecified atom stereocenters. The number of rotatable bonds is 4. The van der Waals surface area contributed by atoms with Crippen molar-refractivity contribution in [3.05, 3.63) is 71.9 Å². The van der Waals surface area contributed by atoms with Gasteiger partial charge in [0.25, 0.3) is 0 Å². The number of aromatic hydroxyl groups is 1. The van der Waals surface area contributed by atoms with Gasteiger partial charge in [-0.15, -0.1) is 0 Å². The average Bonchev–Trinajstić information content (AvgIpc) is 3.31. The Morgan fingerprint density at radius 2 is 1.86 bits per heavy atom. The molecule has 6 nitrogen and oxygen atoms in total. The normalized spacial score (nSPS) is 12.5. The number of phenolic OH excluding ortho intramolecular Hbond substituents is 1. The molecule has 28 heavy (non-hydrogen) atoms. The van der Waals surface area contributed by atoms with E-state index in [1.165, 1.54) is 0 Å². The molecule has 0 fully saturated rings. The largest absolute Gasteiger partial charge is 0.508 e. The van der Waals surface area contributed by atoms with E-state index in [1.54, 1.807) is 12.1 Å². The molecule has 0 bridgehead atoms. The van der Waals surface area contributed by atoms with Crippen LogP contribution in [0.1, 0.15) is 11.3 Å². The first-order valence-electron chi connectivity index (χ1n) is 9.09. The van der Waals surface area contributed by atoms with Gasteiger partial charge in [-0.25, -0.2) is 4.98 Å². The van der Waals surface area contributed by atoms with Crippen LogP contribution in [0.5, 0.6) is 17.2 Å². The number of imidazole rings is 1. The Balaban J connectivity index is 1.55. The van der Waals surface area contributed by atoms with Gasteiger partial charge in [-0.05, 0) is 61.0 Å². The van der Waals surface area contributed by atoms with E-state index >= 15 is 0 Å². The van der Waals surface area contributed by atoms with Gasteiger partial charge in [-0.3, -0.25) is 4.40 Å². The molecule has 2 N–H and O–H groups in total. The van der Waals surface area contributed by atoms with Gasteiger partial charge in [-0.2, -0.15) is 0 Å². The number of aryl methyl sites for hydroxylation is 1. The summed E-state index contributed by atoms with van der Waals surface area (Å²) in [7, 11) is 0. The van der Waals surface area contributed by atoms with Gasteiger partial charge in [0.1, 0.15) is 22.9 Å². The summed E-state index contributed by atoms with van der Waals surface area (Å²) in [6.07, 6.45) is 0. The summed E-state index contributed by atoms with van der Waals surface area (Å²) in [5.74, 6) is 2.70. The highest BCUT2D eigenvalue weighted by atomic mass is 16.7. The Morgan fingerprint density at radius 1 is 1.04 bits per heavy atom. The number of anilines is 1. The second-order valence-corrected chi connectivity index (χ2v) is 6.76. The molecule has 0 spiro atoms. The number of ether oxygens (including phenoxy) is 2. The van der Waals surface area contributed by atoms with Crippen LogP contribution in [0.25, 0.3) is 16.9 Å². The number of hydrogen-bond donors (Lipinski definition) is 2. The zero-order valence-electron chi connectivity index (χ0n) is 15.3. The molecule has 0 radical (unpaired) electrons. The third kappa shape index (κ3) is 2.79. The summed E-state index contributed by atoms with van der Waals surface area (Å²) in [6.45, 7) is 2.94. The zero-order valence-corrected chi connectivity index (χ0v) is 15.3. The quantitative estimate of drug-likeness (QED) is 0.556. The van der Waals surface area contributed by atoms with Gasteiger partial charge >= 0.3 is 0 Å². The third-order valence-electron chi connectivity index (χ3n) is 4.88. The van der Waals surface area contributed by atoms with Crippen molar-refractivity contribution in [2.24, 2.45) is 0 Å². The number of fused-ring (bicyclic) bond motifs is 2. The lowest BCUT2D eigenvalue weighted by atomic mass is 10.1. The Hall–Kier alpha value is -3.67. The van der Waals surface area contributed by atoms with Crippen LogP contribution in [-0.4, -0.2) is 21.3 Å². The fourth-order valence-corrected chi connectivity index (χ4v) is 3.47. The van der Waals surface area contributed by atoms with Crippen molar-refractivity contribution in [2.45, 2.75) is 13.5 Å². The highest BCUT2D eigenvalue weighted by molar-refractivity contribution is 5.77. The topological polar surface area (TPSA) is 68.0 Å². The van der Waals surface area contributed by atoms with E-state index in [9.17, 15) is 5.11 Å². The molecule has 0 aliphatic carbocycles. The van der Waals surface area contributed by atoms with E-state index in [0.29, 0.717) is 6.54 Å². The third-order valence-corrected chi connectivity index (χ3v) is 4.88. The van der Waals surface area contributed by atoms with Crippen molar-refractivity contribution in [3.8, 4) is 28.5 Å². The molecule has 2 aromatic carbocycles. The first kappa shape index (κ1) is 16.5. The molecule has 4 aromatic rings. The van der Waals surface area contributed by atoms with Crippen molar-refractivity contribution >= 4 is 11.5 Å². The van der Waals surface area contributed by atoms with Crippen LogP contribution in [-0.2, 0) is 6.54 Å². The summed E-state index contributed by atoms with van der Waals surface area (Å²) in [5.41, 5.74) is 4.83. The monoisotopic (exact) mass is 373 g/mol. The standard InChI is InChI=1S/C22H19N3O3/c1-14-3-2-4-20-24-21(16-6-8-17(26)9-7-16)22(25(14)20)23-12-15-5-10-18-19(11-15)28-13-27-18/h2-11,23,26H,12-13H2,1H3. The van der Waals surface area contributed by atoms with Crippen LogP contribution in [0.15, 0.2) is 60.7 Å². The van der Waals surface area contributed by atoms with E-state index < -0.39 is 0 Å². The van der Waals surface area contributed by atoms with Crippen LogP contribution >= 0.6 is 0 Å². The van der Waals surface area contributed by atoms with Crippen molar-refractivity contribution < 1.29 is 14.6 Å². The minimum atomic E-state index is 0.235. The Morgan fingerprint density at radius 3 is 2.71 bits per heavy atom. The van der Waals surface area contributed by atoms with Gasteiger partial charge in [-0.1, -0.05) is 12.1 Å². The predicted octanol–water partition coefficient (Wildman–Crippen LogP) is 4.36. The fourth-order valence-electron chi connectivity index (χ4n) is 3.47. The lowest BCUT2D eigenvalue weighted by Gasteiger charge is -2.11. The van der Waals surface area contributed by atoms with Crippen molar-refractivity contribution in [1.29, 1.82) is 0 Å². The highest BCUT2D eigenvalue weighted by Crippen LogP contribution is 2.34. The Kier molecular flexibility index (Phi) is 3.83. The fraction of sp³-hybridized carbons (Fsp3) is 0.136. The van der Waals surface area contributed by atoms with Gasteiger partial charge < -0.3 is 19.9 Å². The molecule has 140 valence electrons. The average molecular weight is 373 g/mol. The molecule has 0 saturated carbocycles. The Labute approximate surface area is 162 Å².